The summed E-state index contributed by atoms with van der Waals surface area (Å²) >= 11 is 7.52. The quantitative estimate of drug-likeness (QED) is 0.743. The van der Waals surface area contributed by atoms with Crippen molar-refractivity contribution in [3.63, 3.8) is 0 Å². The highest BCUT2D eigenvalue weighted by Crippen LogP contribution is 2.40. The fraction of sp³-hybridized carbons (Fsp3) is 0.550. The molecule has 0 radical (unpaired) electrons. The fourth-order valence-corrected chi connectivity index (χ4v) is 4.30. The van der Waals surface area contributed by atoms with Crippen molar-refractivity contribution in [2.75, 3.05) is 11.4 Å². The molecule has 1 saturated heterocycles. The molecule has 8 heteroatoms. The number of nitrogens with zero attached hydrogens (tertiary/aromatic N) is 4. The number of aliphatic hydroxyl groups excluding tert-OH is 1. The van der Waals surface area contributed by atoms with Crippen LogP contribution < -0.4 is 4.90 Å². The summed E-state index contributed by atoms with van der Waals surface area (Å²) in [5.41, 5.74) is 1.61. The van der Waals surface area contributed by atoms with Crippen molar-refractivity contribution in [1.82, 2.24) is 15.1 Å². The van der Waals surface area contributed by atoms with Gasteiger partial charge in [0.25, 0.3) is 0 Å². The van der Waals surface area contributed by atoms with Crippen molar-refractivity contribution in [1.29, 1.82) is 0 Å². The smallest absolute Gasteiger partial charge is 0.329 e. The molecule has 1 N–H and O–H groups in total. The van der Waals surface area contributed by atoms with Gasteiger partial charge in [-0.05, 0) is 30.5 Å². The first kappa shape index (κ1) is 21.0. The Morgan fingerprint density at radius 2 is 2.00 bits per heavy atom. The number of benzene rings is 1. The number of aromatic nitrogens is 2. The van der Waals surface area contributed by atoms with Crippen LogP contribution in [0.5, 0.6) is 0 Å². The lowest BCUT2D eigenvalue weighted by Gasteiger charge is -2.25. The minimum absolute atomic E-state index is 0.168. The average Bonchev–Trinajstić information content (AvgIpc) is 3.19. The van der Waals surface area contributed by atoms with Gasteiger partial charge in [-0.25, -0.2) is 9.69 Å². The predicted octanol–water partition coefficient (Wildman–Crippen LogP) is 4.90. The first-order chi connectivity index (χ1) is 13.1. The highest BCUT2D eigenvalue weighted by atomic mass is 35.5. The lowest BCUT2D eigenvalue weighted by molar-refractivity contribution is 0.118. The van der Waals surface area contributed by atoms with E-state index in [9.17, 15) is 9.90 Å². The molecule has 2 heterocycles. The second-order valence-corrected chi connectivity index (χ2v) is 9.57. The predicted molar refractivity (Wildman–Crippen MR) is 113 cm³/mol. The topological polar surface area (TPSA) is 69.6 Å². The Morgan fingerprint density at radius 3 is 2.57 bits per heavy atom. The van der Waals surface area contributed by atoms with E-state index in [4.69, 9.17) is 11.6 Å². The van der Waals surface area contributed by atoms with Gasteiger partial charge in [0, 0.05) is 17.0 Å². The molecule has 0 bridgehead atoms. The third kappa shape index (κ3) is 3.88. The molecule has 0 spiro atoms. The van der Waals surface area contributed by atoms with Crippen LogP contribution in [0.15, 0.2) is 18.2 Å². The lowest BCUT2D eigenvalue weighted by Crippen LogP contribution is -2.35. The van der Waals surface area contributed by atoms with Crippen LogP contribution in [0, 0.1) is 6.92 Å². The molecule has 1 aromatic carbocycles. The van der Waals surface area contributed by atoms with Crippen LogP contribution in [0.25, 0.3) is 0 Å². The summed E-state index contributed by atoms with van der Waals surface area (Å²) in [4.78, 5) is 16.3. The number of halogens is 1. The molecule has 1 aliphatic heterocycles. The van der Waals surface area contributed by atoms with Crippen LogP contribution in [0.2, 0.25) is 5.02 Å². The number of unbranched alkanes of at least 4 members (excludes halogenated alkanes) is 1. The summed E-state index contributed by atoms with van der Waals surface area (Å²) < 4.78 is 0. The van der Waals surface area contributed by atoms with Gasteiger partial charge in [-0.2, -0.15) is 0 Å². The van der Waals surface area contributed by atoms with Crippen LogP contribution in [0.1, 0.15) is 62.7 Å². The Kier molecular flexibility index (Phi) is 5.98. The lowest BCUT2D eigenvalue weighted by atomic mass is 9.98. The van der Waals surface area contributed by atoms with Gasteiger partial charge >= 0.3 is 6.03 Å². The third-order valence-corrected chi connectivity index (χ3v) is 6.64. The molecule has 6 nitrogen and oxygen atoms in total. The van der Waals surface area contributed by atoms with Crippen molar-refractivity contribution in [2.45, 2.75) is 65.1 Å². The van der Waals surface area contributed by atoms with E-state index in [1.165, 1.54) is 16.2 Å². The molecule has 0 aliphatic carbocycles. The number of carbonyl (C=O) groups is 1. The fourth-order valence-electron chi connectivity index (χ4n) is 3.25. The Hall–Kier alpha value is -1.70. The molecule has 2 atom stereocenters. The highest BCUT2D eigenvalue weighted by Gasteiger charge is 2.47. The largest absolute Gasteiger partial charge is 0.370 e. The number of amides is 2. The summed E-state index contributed by atoms with van der Waals surface area (Å²) in [7, 11) is 0. The minimum atomic E-state index is -1.04. The Labute approximate surface area is 175 Å². The molecule has 0 saturated carbocycles. The van der Waals surface area contributed by atoms with Gasteiger partial charge in [0.1, 0.15) is 11.0 Å². The maximum atomic E-state index is 13.2. The summed E-state index contributed by atoms with van der Waals surface area (Å²) in [6.45, 7) is 10.7. The van der Waals surface area contributed by atoms with Crippen molar-refractivity contribution < 1.29 is 9.90 Å². The molecule has 1 aromatic heterocycles. The van der Waals surface area contributed by atoms with Gasteiger partial charge in [-0.1, -0.05) is 69.2 Å². The Balaban J connectivity index is 2.00. The average molecular weight is 423 g/mol. The summed E-state index contributed by atoms with van der Waals surface area (Å²) in [6, 6.07) is 4.91. The molecule has 0 unspecified atom stereocenters. The van der Waals surface area contributed by atoms with Gasteiger partial charge in [0.2, 0.25) is 5.13 Å². The normalized spacial score (nSPS) is 20.3. The van der Waals surface area contributed by atoms with Crippen molar-refractivity contribution in [3.05, 3.63) is 39.4 Å². The zero-order valence-corrected chi connectivity index (χ0v) is 18.5. The van der Waals surface area contributed by atoms with E-state index in [0.717, 1.165) is 29.0 Å². The van der Waals surface area contributed by atoms with Gasteiger partial charge in [0.05, 0.1) is 0 Å². The zero-order chi connectivity index (χ0) is 20.6. The van der Waals surface area contributed by atoms with Crippen molar-refractivity contribution in [2.24, 2.45) is 0 Å². The number of aryl methyl sites for hydroxylation is 1. The van der Waals surface area contributed by atoms with Crippen molar-refractivity contribution in [3.8, 4) is 0 Å². The molecule has 152 valence electrons. The van der Waals surface area contributed by atoms with E-state index in [1.807, 2.05) is 45.9 Å². The molecule has 28 heavy (non-hydrogen) atoms. The van der Waals surface area contributed by atoms with Gasteiger partial charge in [0.15, 0.2) is 6.23 Å². The van der Waals surface area contributed by atoms with E-state index in [-0.39, 0.29) is 11.4 Å². The summed E-state index contributed by atoms with van der Waals surface area (Å²) in [5, 5.41) is 21.5. The molecule has 2 amide bonds. The number of hydrogen-bond donors (Lipinski definition) is 1. The second-order valence-electron chi connectivity index (χ2n) is 8.21. The molecular formula is C20H27ClN4O2S. The first-order valence-corrected chi connectivity index (χ1v) is 10.7. The Bertz CT molecular complexity index is 864. The number of hydrogen-bond acceptors (Lipinski definition) is 5. The van der Waals surface area contributed by atoms with E-state index >= 15 is 0 Å². The number of aliphatic hydroxyl groups is 1. The van der Waals surface area contributed by atoms with Gasteiger partial charge < -0.3 is 10.0 Å². The van der Waals surface area contributed by atoms with E-state index in [0.29, 0.717) is 16.7 Å². The minimum Gasteiger partial charge on any atom is -0.370 e. The summed E-state index contributed by atoms with van der Waals surface area (Å²) in [6.07, 6.45) is 0.781. The van der Waals surface area contributed by atoms with Gasteiger partial charge in [-0.15, -0.1) is 10.2 Å². The number of urea groups is 1. The first-order valence-electron chi connectivity index (χ1n) is 9.53. The highest BCUT2D eigenvalue weighted by molar-refractivity contribution is 7.15. The van der Waals surface area contributed by atoms with Crippen LogP contribution in [-0.4, -0.2) is 39.0 Å². The molecule has 2 aromatic rings. The molecule has 3 rings (SSSR count). The summed E-state index contributed by atoms with van der Waals surface area (Å²) in [5.74, 6) is 0. The monoisotopic (exact) mass is 422 g/mol. The van der Waals surface area contributed by atoms with Crippen molar-refractivity contribution >= 4 is 34.1 Å². The van der Waals surface area contributed by atoms with E-state index in [2.05, 4.69) is 17.1 Å². The Morgan fingerprint density at radius 1 is 1.29 bits per heavy atom. The van der Waals surface area contributed by atoms with Gasteiger partial charge in [-0.3, -0.25) is 0 Å². The third-order valence-electron chi connectivity index (χ3n) is 4.87. The van der Waals surface area contributed by atoms with Crippen LogP contribution in [0.3, 0.4) is 0 Å². The van der Waals surface area contributed by atoms with E-state index < -0.39 is 12.3 Å². The van der Waals surface area contributed by atoms with E-state index in [1.54, 1.807) is 4.90 Å². The molecule has 1 aliphatic rings. The van der Waals surface area contributed by atoms with Crippen LogP contribution in [-0.2, 0) is 5.41 Å². The maximum absolute atomic E-state index is 13.2. The maximum Gasteiger partial charge on any atom is 0.329 e. The number of anilines is 1. The molecular weight excluding hydrogens is 396 g/mol. The SMILES string of the molecule is CCCCN1C(=O)N(c2nnc(C(C)(C)C)s2)[C@H](O)[C@H]1c1ccc(Cl)c(C)c1. The second kappa shape index (κ2) is 7.97. The van der Waals surface area contributed by atoms with Crippen LogP contribution >= 0.6 is 22.9 Å². The zero-order valence-electron chi connectivity index (χ0n) is 16.9. The van der Waals surface area contributed by atoms with Crippen LogP contribution in [0.4, 0.5) is 9.93 Å². The number of carbonyl (C=O) groups excluding carboxylic acids is 1. The standard InChI is InChI=1S/C20H27ClN4O2S/c1-6-7-10-24-15(13-8-9-14(21)12(2)11-13)16(26)25(19(24)27)18-23-22-17(28-18)20(3,4)5/h8-9,11,15-16,26H,6-7,10H2,1-5H3/t15-,16-/m1/s1. The number of rotatable bonds is 5. The molecule has 1 fully saturated rings.